The van der Waals surface area contributed by atoms with Crippen LogP contribution in [-0.4, -0.2) is 6.73 Å². The van der Waals surface area contributed by atoms with Gasteiger partial charge >= 0.3 is 5.63 Å². The Morgan fingerprint density at radius 3 is 2.62 bits per heavy atom. The minimum absolute atomic E-state index is 0.0653. The maximum atomic E-state index is 12.1. The van der Waals surface area contributed by atoms with E-state index in [1.807, 2.05) is 26.8 Å². The van der Waals surface area contributed by atoms with Gasteiger partial charge in [0.15, 0.2) is 0 Å². The molecule has 1 aromatic carbocycles. The first-order valence-electron chi connectivity index (χ1n) is 6.76. The van der Waals surface area contributed by atoms with Gasteiger partial charge < -0.3 is 19.3 Å². The van der Waals surface area contributed by atoms with E-state index in [0.717, 1.165) is 33.0 Å². The number of furan rings is 1. The van der Waals surface area contributed by atoms with Gasteiger partial charge in [-0.05, 0) is 38.0 Å². The van der Waals surface area contributed by atoms with Crippen LogP contribution in [0.1, 0.15) is 22.3 Å². The minimum atomic E-state index is -0.390. The first-order chi connectivity index (χ1) is 10.0. The molecule has 0 radical (unpaired) electrons. The van der Waals surface area contributed by atoms with Crippen LogP contribution in [0.25, 0.3) is 21.9 Å². The Balaban J connectivity index is 2.39. The summed E-state index contributed by atoms with van der Waals surface area (Å²) < 4.78 is 16.2. The highest BCUT2D eigenvalue weighted by Gasteiger charge is 2.17. The number of aryl methyl sites for hydroxylation is 3. The third-order valence-electron chi connectivity index (χ3n) is 3.90. The molecule has 0 unspecified atom stereocenters. The summed E-state index contributed by atoms with van der Waals surface area (Å²) in [7, 11) is 0. The largest absolute Gasteiger partial charge is 0.464 e. The fourth-order valence-electron chi connectivity index (χ4n) is 2.65. The molecule has 0 saturated heterocycles. The molecule has 21 heavy (non-hydrogen) atoms. The Labute approximate surface area is 121 Å². The SMILES string of the molecule is Cc1coc2c(C)c3oc(=O)c(COCN)c(C)c3cc12. The quantitative estimate of drug-likeness (QED) is 0.592. The Hall–Kier alpha value is -2.11. The van der Waals surface area contributed by atoms with Gasteiger partial charge in [0, 0.05) is 16.3 Å². The van der Waals surface area contributed by atoms with Crippen molar-refractivity contribution in [2.75, 3.05) is 6.73 Å². The summed E-state index contributed by atoms with van der Waals surface area (Å²) in [5.41, 5.74) is 9.52. The molecule has 0 saturated carbocycles. The molecule has 110 valence electrons. The molecule has 0 aliphatic heterocycles. The molecule has 0 spiro atoms. The lowest BCUT2D eigenvalue weighted by Crippen LogP contribution is -2.14. The van der Waals surface area contributed by atoms with E-state index in [1.165, 1.54) is 0 Å². The Morgan fingerprint density at radius 1 is 1.14 bits per heavy atom. The van der Waals surface area contributed by atoms with Crippen LogP contribution in [0.5, 0.6) is 0 Å². The topological polar surface area (TPSA) is 78.6 Å². The number of rotatable bonds is 3. The second-order valence-electron chi connectivity index (χ2n) is 5.18. The highest BCUT2D eigenvalue weighted by Crippen LogP contribution is 2.32. The lowest BCUT2D eigenvalue weighted by atomic mass is 10.0. The van der Waals surface area contributed by atoms with Gasteiger partial charge in [-0.25, -0.2) is 4.79 Å². The summed E-state index contributed by atoms with van der Waals surface area (Å²) in [4.78, 5) is 12.1. The van der Waals surface area contributed by atoms with Gasteiger partial charge in [0.2, 0.25) is 0 Å². The van der Waals surface area contributed by atoms with E-state index < -0.39 is 0 Å². The lowest BCUT2D eigenvalue weighted by Gasteiger charge is -2.09. The molecule has 0 amide bonds. The highest BCUT2D eigenvalue weighted by molar-refractivity contribution is 5.99. The molecule has 5 nitrogen and oxygen atoms in total. The average molecular weight is 287 g/mol. The van der Waals surface area contributed by atoms with E-state index in [-0.39, 0.29) is 19.0 Å². The predicted octanol–water partition coefficient (Wildman–Crippen LogP) is 2.90. The van der Waals surface area contributed by atoms with Gasteiger partial charge in [-0.3, -0.25) is 0 Å². The fraction of sp³-hybridized carbons (Fsp3) is 0.312. The van der Waals surface area contributed by atoms with Gasteiger partial charge in [0.25, 0.3) is 0 Å². The number of hydrogen-bond donors (Lipinski definition) is 1. The zero-order chi connectivity index (χ0) is 15.1. The standard InChI is InChI=1S/C16H17NO4/c1-8-5-20-14-10(3)15-12(4-11(8)14)9(2)13(6-19-7-17)16(18)21-15/h4-5H,6-7,17H2,1-3H3. The van der Waals surface area contributed by atoms with E-state index in [0.29, 0.717) is 11.1 Å². The van der Waals surface area contributed by atoms with Crippen molar-refractivity contribution >= 4 is 21.9 Å². The van der Waals surface area contributed by atoms with Crippen LogP contribution in [0.2, 0.25) is 0 Å². The zero-order valence-corrected chi connectivity index (χ0v) is 12.3. The van der Waals surface area contributed by atoms with Gasteiger partial charge in [-0.2, -0.15) is 0 Å². The third-order valence-corrected chi connectivity index (χ3v) is 3.90. The van der Waals surface area contributed by atoms with E-state index in [4.69, 9.17) is 19.3 Å². The number of hydrogen-bond acceptors (Lipinski definition) is 5. The molecular formula is C16H17NO4. The highest BCUT2D eigenvalue weighted by atomic mass is 16.5. The van der Waals surface area contributed by atoms with Crippen LogP contribution >= 0.6 is 0 Å². The normalized spacial score (nSPS) is 11.6. The van der Waals surface area contributed by atoms with Crippen LogP contribution in [0.4, 0.5) is 0 Å². The Morgan fingerprint density at radius 2 is 1.90 bits per heavy atom. The van der Waals surface area contributed by atoms with Crippen LogP contribution in [0.3, 0.4) is 0 Å². The smallest absolute Gasteiger partial charge is 0.342 e. The maximum Gasteiger partial charge on any atom is 0.342 e. The van der Waals surface area contributed by atoms with E-state index in [1.54, 1.807) is 6.26 Å². The van der Waals surface area contributed by atoms with E-state index >= 15 is 0 Å². The second-order valence-corrected chi connectivity index (χ2v) is 5.18. The van der Waals surface area contributed by atoms with Crippen molar-refractivity contribution in [3.8, 4) is 0 Å². The van der Waals surface area contributed by atoms with Crippen LogP contribution < -0.4 is 11.4 Å². The molecule has 3 aromatic rings. The summed E-state index contributed by atoms with van der Waals surface area (Å²) in [6, 6.07) is 2.00. The first kappa shape index (κ1) is 13.9. The second kappa shape index (κ2) is 5.02. The molecule has 0 fully saturated rings. The summed E-state index contributed by atoms with van der Waals surface area (Å²) in [5, 5.41) is 1.93. The number of fused-ring (bicyclic) bond motifs is 2. The third kappa shape index (κ3) is 2.05. The van der Waals surface area contributed by atoms with Crippen molar-refractivity contribution in [1.82, 2.24) is 0 Å². The molecule has 3 rings (SSSR count). The number of ether oxygens (including phenoxy) is 1. The fourth-order valence-corrected chi connectivity index (χ4v) is 2.65. The minimum Gasteiger partial charge on any atom is -0.464 e. The molecule has 0 aliphatic rings. The Bertz CT molecular complexity index is 889. The van der Waals surface area contributed by atoms with Gasteiger partial charge in [-0.1, -0.05) is 0 Å². The average Bonchev–Trinajstić information content (AvgIpc) is 2.82. The number of nitrogens with two attached hydrogens (primary N) is 1. The Kier molecular flexibility index (Phi) is 3.31. The molecule has 2 N–H and O–H groups in total. The van der Waals surface area contributed by atoms with Gasteiger partial charge in [0.05, 0.1) is 25.2 Å². The van der Waals surface area contributed by atoms with Crippen molar-refractivity contribution in [2.24, 2.45) is 5.73 Å². The summed E-state index contributed by atoms with van der Waals surface area (Å²) >= 11 is 0. The molecule has 2 aromatic heterocycles. The van der Waals surface area contributed by atoms with Crippen LogP contribution in [0.15, 0.2) is 26.0 Å². The van der Waals surface area contributed by atoms with Crippen molar-refractivity contribution in [3.63, 3.8) is 0 Å². The number of benzene rings is 1. The van der Waals surface area contributed by atoms with Crippen molar-refractivity contribution in [1.29, 1.82) is 0 Å². The molecule has 0 bridgehead atoms. The summed E-state index contributed by atoms with van der Waals surface area (Å²) in [5.74, 6) is 0. The van der Waals surface area contributed by atoms with E-state index in [9.17, 15) is 4.79 Å². The van der Waals surface area contributed by atoms with Crippen molar-refractivity contribution < 1.29 is 13.6 Å². The first-order valence-corrected chi connectivity index (χ1v) is 6.76. The summed E-state index contributed by atoms with van der Waals surface area (Å²) in [6.45, 7) is 6.00. The molecule has 2 heterocycles. The zero-order valence-electron chi connectivity index (χ0n) is 12.3. The van der Waals surface area contributed by atoms with Crippen molar-refractivity contribution in [2.45, 2.75) is 27.4 Å². The van der Waals surface area contributed by atoms with Gasteiger partial charge in [-0.15, -0.1) is 0 Å². The van der Waals surface area contributed by atoms with Gasteiger partial charge in [0.1, 0.15) is 11.2 Å². The molecular weight excluding hydrogens is 270 g/mol. The van der Waals surface area contributed by atoms with Crippen LogP contribution in [-0.2, 0) is 11.3 Å². The molecule has 5 heteroatoms. The maximum absolute atomic E-state index is 12.1. The lowest BCUT2D eigenvalue weighted by molar-refractivity contribution is 0.125. The van der Waals surface area contributed by atoms with Crippen molar-refractivity contribution in [3.05, 3.63) is 45.0 Å². The predicted molar refractivity (Wildman–Crippen MR) is 80.3 cm³/mol. The monoisotopic (exact) mass is 287 g/mol. The summed E-state index contributed by atoms with van der Waals surface area (Å²) in [6.07, 6.45) is 1.71. The van der Waals surface area contributed by atoms with E-state index in [2.05, 4.69) is 0 Å². The van der Waals surface area contributed by atoms with Crippen LogP contribution in [0, 0.1) is 20.8 Å². The molecule has 0 aliphatic carbocycles. The molecule has 0 atom stereocenters.